The standard InChI is InChI=1S/C12H16N3O/c13-14-9-10-5-1-2-6-11(10)15(14)12-7-3-4-8-16-12/h2,5-6,12H,3-4,7-9,13H2. The first kappa shape index (κ1) is 10.1. The van der Waals surface area contributed by atoms with Crippen molar-refractivity contribution in [3.8, 4) is 0 Å². The third-order valence-electron chi connectivity index (χ3n) is 3.21. The Morgan fingerprint density at radius 3 is 3.19 bits per heavy atom. The molecule has 1 aromatic rings. The number of benzene rings is 1. The fourth-order valence-corrected chi connectivity index (χ4v) is 2.43. The van der Waals surface area contributed by atoms with Crippen LogP contribution in [0.5, 0.6) is 0 Å². The van der Waals surface area contributed by atoms with Gasteiger partial charge in [-0.05, 0) is 43.0 Å². The van der Waals surface area contributed by atoms with Crippen molar-refractivity contribution in [2.75, 3.05) is 11.6 Å². The van der Waals surface area contributed by atoms with Gasteiger partial charge in [0, 0.05) is 6.61 Å². The lowest BCUT2D eigenvalue weighted by Gasteiger charge is -2.36. The third-order valence-corrected chi connectivity index (χ3v) is 3.21. The van der Waals surface area contributed by atoms with Crippen molar-refractivity contribution in [2.24, 2.45) is 5.84 Å². The Labute approximate surface area is 95.5 Å². The van der Waals surface area contributed by atoms with E-state index in [1.807, 2.05) is 12.1 Å². The molecule has 1 saturated heterocycles. The highest BCUT2D eigenvalue weighted by atomic mass is 16.5. The number of ether oxygens (including phenoxy) is 1. The van der Waals surface area contributed by atoms with Crippen LogP contribution in [0.4, 0.5) is 5.69 Å². The molecule has 0 spiro atoms. The molecular formula is C12H16N3O. The van der Waals surface area contributed by atoms with Crippen LogP contribution in [0.2, 0.25) is 0 Å². The molecule has 2 N–H and O–H groups in total. The number of fused-ring (bicyclic) bond motifs is 1. The van der Waals surface area contributed by atoms with Gasteiger partial charge in [-0.2, -0.15) is 5.12 Å². The molecular weight excluding hydrogens is 202 g/mol. The average Bonchev–Trinajstić information content (AvgIpc) is 2.66. The molecule has 16 heavy (non-hydrogen) atoms. The summed E-state index contributed by atoms with van der Waals surface area (Å²) in [5.74, 6) is 6.03. The van der Waals surface area contributed by atoms with E-state index < -0.39 is 0 Å². The minimum absolute atomic E-state index is 0.0994. The van der Waals surface area contributed by atoms with E-state index in [4.69, 9.17) is 10.6 Å². The second-order valence-electron chi connectivity index (χ2n) is 4.32. The first-order valence-electron chi connectivity index (χ1n) is 5.78. The maximum atomic E-state index is 6.03. The molecule has 1 atom stereocenters. The fraction of sp³-hybridized carbons (Fsp3) is 0.500. The summed E-state index contributed by atoms with van der Waals surface area (Å²) in [5.41, 5.74) is 2.38. The predicted octanol–water partition coefficient (Wildman–Crippen LogP) is 1.42. The van der Waals surface area contributed by atoms with Crippen molar-refractivity contribution in [1.29, 1.82) is 0 Å². The second kappa shape index (κ2) is 4.05. The molecule has 2 heterocycles. The lowest BCUT2D eigenvalue weighted by atomic mass is 10.1. The van der Waals surface area contributed by atoms with Gasteiger partial charge in [-0.25, -0.2) is 0 Å². The van der Waals surface area contributed by atoms with E-state index in [1.165, 1.54) is 12.0 Å². The van der Waals surface area contributed by atoms with Crippen molar-refractivity contribution in [3.63, 3.8) is 0 Å². The molecule has 1 radical (unpaired) electrons. The molecule has 85 valence electrons. The summed E-state index contributed by atoms with van der Waals surface area (Å²) < 4.78 is 5.78. The van der Waals surface area contributed by atoms with Crippen LogP contribution in [0.3, 0.4) is 0 Å². The lowest BCUT2D eigenvalue weighted by molar-refractivity contribution is -0.0168. The van der Waals surface area contributed by atoms with E-state index in [9.17, 15) is 0 Å². The second-order valence-corrected chi connectivity index (χ2v) is 4.32. The number of hydrogen-bond acceptors (Lipinski definition) is 4. The highest BCUT2D eigenvalue weighted by Gasteiger charge is 2.32. The average molecular weight is 218 g/mol. The van der Waals surface area contributed by atoms with Gasteiger partial charge in [0.15, 0.2) is 0 Å². The van der Waals surface area contributed by atoms with Gasteiger partial charge < -0.3 is 4.74 Å². The van der Waals surface area contributed by atoms with Gasteiger partial charge >= 0.3 is 0 Å². The summed E-state index contributed by atoms with van der Waals surface area (Å²) in [4.78, 5) is 0. The zero-order valence-electron chi connectivity index (χ0n) is 9.22. The van der Waals surface area contributed by atoms with Crippen molar-refractivity contribution in [3.05, 3.63) is 29.8 Å². The molecule has 2 aliphatic rings. The molecule has 2 aliphatic heterocycles. The SMILES string of the molecule is NN1Cc2c[c]ccc2N1C1CCCCO1. The minimum Gasteiger partial charge on any atom is -0.357 e. The number of hydrazine groups is 2. The van der Waals surface area contributed by atoms with Gasteiger partial charge in [0.05, 0.1) is 12.2 Å². The van der Waals surface area contributed by atoms with Crippen LogP contribution < -0.4 is 10.9 Å². The number of nitrogens with two attached hydrogens (primary N) is 1. The third kappa shape index (κ3) is 1.59. The molecule has 3 rings (SSSR count). The highest BCUT2D eigenvalue weighted by Crippen LogP contribution is 2.33. The molecule has 1 aromatic carbocycles. The molecule has 4 heteroatoms. The van der Waals surface area contributed by atoms with Crippen LogP contribution in [-0.4, -0.2) is 18.0 Å². The molecule has 4 nitrogen and oxygen atoms in total. The van der Waals surface area contributed by atoms with Gasteiger partial charge in [-0.15, -0.1) is 0 Å². The molecule has 0 bridgehead atoms. The van der Waals surface area contributed by atoms with Crippen molar-refractivity contribution in [2.45, 2.75) is 32.0 Å². The Morgan fingerprint density at radius 2 is 2.38 bits per heavy atom. The number of nitrogens with zero attached hydrogens (tertiary/aromatic N) is 2. The Kier molecular flexibility index (Phi) is 2.55. The summed E-state index contributed by atoms with van der Waals surface area (Å²) in [6.07, 6.45) is 3.52. The first-order chi connectivity index (χ1) is 7.86. The molecule has 0 aromatic heterocycles. The van der Waals surface area contributed by atoms with E-state index in [-0.39, 0.29) is 6.23 Å². The topological polar surface area (TPSA) is 41.7 Å². The Hall–Kier alpha value is -1.10. The Bertz CT molecular complexity index is 376. The van der Waals surface area contributed by atoms with E-state index in [2.05, 4.69) is 17.1 Å². The normalized spacial score (nSPS) is 25.8. The van der Waals surface area contributed by atoms with Gasteiger partial charge in [-0.3, -0.25) is 10.9 Å². The summed E-state index contributed by atoms with van der Waals surface area (Å²) in [7, 11) is 0. The molecule has 1 fully saturated rings. The maximum absolute atomic E-state index is 6.03. The van der Waals surface area contributed by atoms with Gasteiger partial charge in [0.1, 0.15) is 6.23 Å². The van der Waals surface area contributed by atoms with E-state index in [0.29, 0.717) is 0 Å². The largest absolute Gasteiger partial charge is 0.357 e. The van der Waals surface area contributed by atoms with Gasteiger partial charge in [-0.1, -0.05) is 6.07 Å². The molecule has 0 amide bonds. The Balaban J connectivity index is 1.89. The zero-order valence-corrected chi connectivity index (χ0v) is 9.22. The number of rotatable bonds is 1. The quantitative estimate of drug-likeness (QED) is 0.724. The van der Waals surface area contributed by atoms with Crippen molar-refractivity contribution < 1.29 is 4.74 Å². The maximum Gasteiger partial charge on any atom is 0.145 e. The minimum atomic E-state index is 0.0994. The molecule has 0 aliphatic carbocycles. The smallest absolute Gasteiger partial charge is 0.145 e. The van der Waals surface area contributed by atoms with Crippen LogP contribution >= 0.6 is 0 Å². The van der Waals surface area contributed by atoms with Crippen LogP contribution in [0.1, 0.15) is 24.8 Å². The van der Waals surface area contributed by atoms with Crippen LogP contribution in [-0.2, 0) is 11.3 Å². The van der Waals surface area contributed by atoms with Gasteiger partial charge in [0.25, 0.3) is 0 Å². The Morgan fingerprint density at radius 1 is 1.44 bits per heavy atom. The monoisotopic (exact) mass is 218 g/mol. The molecule has 0 saturated carbocycles. The summed E-state index contributed by atoms with van der Waals surface area (Å²) in [5, 5.41) is 3.82. The molecule has 1 unspecified atom stereocenters. The first-order valence-corrected chi connectivity index (χ1v) is 5.78. The van der Waals surface area contributed by atoms with E-state index >= 15 is 0 Å². The van der Waals surface area contributed by atoms with Crippen LogP contribution in [0.25, 0.3) is 0 Å². The van der Waals surface area contributed by atoms with E-state index in [1.54, 1.807) is 5.12 Å². The van der Waals surface area contributed by atoms with E-state index in [0.717, 1.165) is 31.7 Å². The van der Waals surface area contributed by atoms with Crippen LogP contribution in [0, 0.1) is 6.07 Å². The van der Waals surface area contributed by atoms with Crippen molar-refractivity contribution in [1.82, 2.24) is 5.12 Å². The van der Waals surface area contributed by atoms with Crippen LogP contribution in [0.15, 0.2) is 18.2 Å². The zero-order chi connectivity index (χ0) is 11.0. The predicted molar refractivity (Wildman–Crippen MR) is 61.1 cm³/mol. The number of anilines is 1. The summed E-state index contributed by atoms with van der Waals surface area (Å²) in [6.45, 7) is 1.58. The van der Waals surface area contributed by atoms with Crippen molar-refractivity contribution >= 4 is 5.69 Å². The fourth-order valence-electron chi connectivity index (χ4n) is 2.43. The summed E-state index contributed by atoms with van der Waals surface area (Å²) in [6, 6.07) is 9.07. The highest BCUT2D eigenvalue weighted by molar-refractivity contribution is 5.56. The lowest BCUT2D eigenvalue weighted by Crippen LogP contribution is -2.51. The summed E-state index contributed by atoms with van der Waals surface area (Å²) >= 11 is 0. The van der Waals surface area contributed by atoms with Gasteiger partial charge in [0.2, 0.25) is 0 Å². The number of hydrogen-bond donors (Lipinski definition) is 1.